The Kier molecular flexibility index (Phi) is 5.83. The molecular weight excluding hydrogens is 393 g/mol. The fourth-order valence-corrected chi connectivity index (χ4v) is 3.50. The van der Waals surface area contributed by atoms with Gasteiger partial charge < -0.3 is 9.64 Å². The van der Waals surface area contributed by atoms with Crippen LogP contribution in [0.4, 0.5) is 0 Å². The number of nitrogens with zero attached hydrogens (tertiary/aromatic N) is 1. The molecule has 3 atom stereocenters. The Balaban J connectivity index is 2.03. The molecule has 0 radical (unpaired) electrons. The summed E-state index contributed by atoms with van der Waals surface area (Å²) in [6, 6.07) is 7.58. The summed E-state index contributed by atoms with van der Waals surface area (Å²) in [6.45, 7) is 5.77. The van der Waals surface area contributed by atoms with Crippen LogP contribution in [0.25, 0.3) is 0 Å². The monoisotopic (exact) mass is 415 g/mol. The normalized spacial score (nSPS) is 23.0. The topological polar surface area (TPSA) is 46.6 Å². The number of hydrogen-bond donors (Lipinski definition) is 0. The zero-order valence-electron chi connectivity index (χ0n) is 13.2. The molecule has 0 unspecified atom stereocenters. The van der Waals surface area contributed by atoms with Crippen LogP contribution in [-0.4, -0.2) is 35.0 Å². The van der Waals surface area contributed by atoms with E-state index in [1.54, 1.807) is 25.1 Å². The fraction of sp³-hybridized carbons (Fsp3) is 0.529. The summed E-state index contributed by atoms with van der Waals surface area (Å²) in [5.74, 6) is -0.546. The highest BCUT2D eigenvalue weighted by atomic mass is 127. The number of carbonyl (C=O) groups is 2. The standard InChI is InChI=1S/C17H22INO3/c1-11-6-4-7-12(2)19(11)16(20)13(3)22-17(21)14-8-5-9-15(18)10-14/h5,8-13H,4,6-7H2,1-3H3/t11-,12-,13-/m1/s1. The van der Waals surface area contributed by atoms with Crippen molar-refractivity contribution in [1.82, 2.24) is 4.90 Å². The molecule has 1 saturated heterocycles. The number of piperidine rings is 1. The average molecular weight is 415 g/mol. The first-order chi connectivity index (χ1) is 10.4. The lowest BCUT2D eigenvalue weighted by molar-refractivity contribution is -0.146. The van der Waals surface area contributed by atoms with Gasteiger partial charge >= 0.3 is 5.97 Å². The molecule has 0 bridgehead atoms. The highest BCUT2D eigenvalue weighted by Gasteiger charge is 2.33. The number of likely N-dealkylation sites (tertiary alicyclic amines) is 1. The molecule has 0 spiro atoms. The Morgan fingerprint density at radius 1 is 1.27 bits per heavy atom. The van der Waals surface area contributed by atoms with Gasteiger partial charge in [0.2, 0.25) is 0 Å². The third-order valence-corrected chi connectivity index (χ3v) is 4.81. The summed E-state index contributed by atoms with van der Waals surface area (Å²) in [7, 11) is 0. The Hall–Kier alpha value is -1.11. The molecule has 1 amide bonds. The number of benzene rings is 1. The summed E-state index contributed by atoms with van der Waals surface area (Å²) in [5.41, 5.74) is 0.478. The van der Waals surface area contributed by atoms with E-state index in [-0.39, 0.29) is 18.0 Å². The van der Waals surface area contributed by atoms with Gasteiger partial charge in [-0.3, -0.25) is 4.79 Å². The summed E-state index contributed by atoms with van der Waals surface area (Å²) in [4.78, 5) is 26.6. The van der Waals surface area contributed by atoms with Crippen molar-refractivity contribution in [2.75, 3.05) is 0 Å². The lowest BCUT2D eigenvalue weighted by Gasteiger charge is -2.40. The molecule has 0 saturated carbocycles. The molecular formula is C17H22INO3. The van der Waals surface area contributed by atoms with Crippen LogP contribution in [0.15, 0.2) is 24.3 Å². The SMILES string of the molecule is C[C@@H]1CCC[C@@H](C)N1C(=O)[C@@H](C)OC(=O)c1cccc(I)c1. The maximum absolute atomic E-state index is 12.6. The third kappa shape index (κ3) is 4.00. The van der Waals surface area contributed by atoms with Gasteiger partial charge in [0, 0.05) is 15.7 Å². The van der Waals surface area contributed by atoms with E-state index >= 15 is 0 Å². The van der Waals surface area contributed by atoms with Crippen molar-refractivity contribution < 1.29 is 14.3 Å². The van der Waals surface area contributed by atoms with Crippen molar-refractivity contribution in [3.63, 3.8) is 0 Å². The number of ether oxygens (including phenoxy) is 1. The van der Waals surface area contributed by atoms with E-state index in [0.717, 1.165) is 22.8 Å². The quantitative estimate of drug-likeness (QED) is 0.560. The maximum Gasteiger partial charge on any atom is 0.338 e. The lowest BCUT2D eigenvalue weighted by Crippen LogP contribution is -2.51. The Morgan fingerprint density at radius 3 is 2.50 bits per heavy atom. The lowest BCUT2D eigenvalue weighted by atomic mass is 9.97. The molecule has 22 heavy (non-hydrogen) atoms. The van der Waals surface area contributed by atoms with Gasteiger partial charge in [-0.05, 0) is 80.8 Å². The highest BCUT2D eigenvalue weighted by molar-refractivity contribution is 14.1. The van der Waals surface area contributed by atoms with Gasteiger partial charge in [-0.1, -0.05) is 6.07 Å². The summed E-state index contributed by atoms with van der Waals surface area (Å²) in [5, 5.41) is 0. The van der Waals surface area contributed by atoms with E-state index in [1.807, 2.05) is 11.0 Å². The van der Waals surface area contributed by atoms with Gasteiger partial charge in [0.1, 0.15) is 0 Å². The second-order valence-electron chi connectivity index (χ2n) is 5.93. The van der Waals surface area contributed by atoms with E-state index in [1.165, 1.54) is 0 Å². The molecule has 0 aromatic heterocycles. The first kappa shape index (κ1) is 17.2. The number of hydrogen-bond acceptors (Lipinski definition) is 3. The van der Waals surface area contributed by atoms with Crippen LogP contribution >= 0.6 is 22.6 Å². The smallest absolute Gasteiger partial charge is 0.338 e. The first-order valence-electron chi connectivity index (χ1n) is 7.69. The molecule has 5 heteroatoms. The highest BCUT2D eigenvalue weighted by Crippen LogP contribution is 2.24. The molecule has 120 valence electrons. The van der Waals surface area contributed by atoms with E-state index in [0.29, 0.717) is 5.56 Å². The summed E-state index contributed by atoms with van der Waals surface area (Å²) in [6.07, 6.45) is 2.40. The molecule has 0 N–H and O–H groups in total. The van der Waals surface area contributed by atoms with Crippen LogP contribution in [0.5, 0.6) is 0 Å². The van der Waals surface area contributed by atoms with Crippen LogP contribution in [0.1, 0.15) is 50.4 Å². The van der Waals surface area contributed by atoms with Gasteiger partial charge in [-0.2, -0.15) is 0 Å². The van der Waals surface area contributed by atoms with Crippen molar-refractivity contribution >= 4 is 34.5 Å². The van der Waals surface area contributed by atoms with Crippen molar-refractivity contribution in [2.45, 2.75) is 58.2 Å². The van der Waals surface area contributed by atoms with Crippen LogP contribution in [0.2, 0.25) is 0 Å². The molecule has 1 aromatic carbocycles. The Bertz CT molecular complexity index is 551. The number of carbonyl (C=O) groups excluding carboxylic acids is 2. The Morgan fingerprint density at radius 2 is 1.91 bits per heavy atom. The maximum atomic E-state index is 12.6. The van der Waals surface area contributed by atoms with Gasteiger partial charge in [0.15, 0.2) is 6.10 Å². The van der Waals surface area contributed by atoms with E-state index in [2.05, 4.69) is 36.4 Å². The van der Waals surface area contributed by atoms with Crippen LogP contribution in [0, 0.1) is 3.57 Å². The molecule has 1 aliphatic heterocycles. The van der Waals surface area contributed by atoms with Crippen LogP contribution in [-0.2, 0) is 9.53 Å². The number of amides is 1. The minimum atomic E-state index is -0.756. The molecule has 1 aliphatic rings. The van der Waals surface area contributed by atoms with Crippen molar-refractivity contribution in [3.8, 4) is 0 Å². The molecule has 1 fully saturated rings. The van der Waals surface area contributed by atoms with Crippen LogP contribution < -0.4 is 0 Å². The summed E-state index contributed by atoms with van der Waals surface area (Å²) >= 11 is 2.14. The van der Waals surface area contributed by atoms with Gasteiger partial charge in [-0.25, -0.2) is 4.79 Å². The largest absolute Gasteiger partial charge is 0.449 e. The van der Waals surface area contributed by atoms with Crippen molar-refractivity contribution in [2.24, 2.45) is 0 Å². The predicted octanol–water partition coefficient (Wildman–Crippen LogP) is 3.63. The third-order valence-electron chi connectivity index (χ3n) is 4.14. The fourth-order valence-electron chi connectivity index (χ4n) is 2.96. The minimum absolute atomic E-state index is 0.0984. The van der Waals surface area contributed by atoms with Gasteiger partial charge in [0.25, 0.3) is 5.91 Å². The molecule has 1 heterocycles. The second-order valence-corrected chi connectivity index (χ2v) is 7.18. The second kappa shape index (κ2) is 7.44. The molecule has 0 aliphatic carbocycles. The first-order valence-corrected chi connectivity index (χ1v) is 8.76. The summed E-state index contributed by atoms with van der Waals surface area (Å²) < 4.78 is 6.33. The number of halogens is 1. The molecule has 1 aromatic rings. The predicted molar refractivity (Wildman–Crippen MR) is 93.7 cm³/mol. The number of rotatable bonds is 3. The number of esters is 1. The Labute approximate surface area is 145 Å². The van der Waals surface area contributed by atoms with Crippen LogP contribution in [0.3, 0.4) is 0 Å². The van der Waals surface area contributed by atoms with Gasteiger partial charge in [-0.15, -0.1) is 0 Å². The van der Waals surface area contributed by atoms with Crippen molar-refractivity contribution in [1.29, 1.82) is 0 Å². The average Bonchev–Trinajstić information content (AvgIpc) is 2.46. The van der Waals surface area contributed by atoms with Gasteiger partial charge in [0.05, 0.1) is 5.56 Å². The van der Waals surface area contributed by atoms with Crippen molar-refractivity contribution in [3.05, 3.63) is 33.4 Å². The molecule has 4 nitrogen and oxygen atoms in total. The van der Waals surface area contributed by atoms with E-state index in [9.17, 15) is 9.59 Å². The van der Waals surface area contributed by atoms with E-state index < -0.39 is 12.1 Å². The zero-order valence-corrected chi connectivity index (χ0v) is 15.4. The minimum Gasteiger partial charge on any atom is -0.449 e. The molecule has 2 rings (SSSR count). The zero-order chi connectivity index (χ0) is 16.3. The van der Waals surface area contributed by atoms with E-state index in [4.69, 9.17) is 4.74 Å².